The summed E-state index contributed by atoms with van der Waals surface area (Å²) in [7, 11) is 1.47. The number of amides is 2. The molecule has 5 nitrogen and oxygen atoms in total. The molecule has 1 heterocycles. The van der Waals surface area contributed by atoms with Crippen LogP contribution in [0.5, 0.6) is 5.75 Å². The van der Waals surface area contributed by atoms with Crippen LogP contribution < -0.4 is 15.4 Å². The van der Waals surface area contributed by atoms with Gasteiger partial charge in [0.1, 0.15) is 11.6 Å². The van der Waals surface area contributed by atoms with Gasteiger partial charge in [0, 0.05) is 18.0 Å². The minimum absolute atomic E-state index is 0.230. The number of halogens is 3. The zero-order valence-electron chi connectivity index (χ0n) is 11.4. The number of pyridine rings is 1. The molecule has 0 unspecified atom stereocenters. The van der Waals surface area contributed by atoms with Crippen molar-refractivity contribution in [2.75, 3.05) is 17.7 Å². The lowest BCUT2D eigenvalue weighted by molar-refractivity contribution is -0.137. The van der Waals surface area contributed by atoms with E-state index < -0.39 is 17.8 Å². The molecule has 2 N–H and O–H groups in total. The lowest BCUT2D eigenvalue weighted by Gasteiger charge is -2.10. The maximum Gasteiger partial charge on any atom is 0.416 e. The molecule has 116 valence electrons. The number of nitrogens with one attached hydrogen (secondary N) is 2. The van der Waals surface area contributed by atoms with Gasteiger partial charge in [0.2, 0.25) is 0 Å². The number of methoxy groups -OCH3 is 1. The van der Waals surface area contributed by atoms with E-state index in [4.69, 9.17) is 4.74 Å². The van der Waals surface area contributed by atoms with E-state index in [0.29, 0.717) is 5.75 Å². The van der Waals surface area contributed by atoms with E-state index in [0.717, 1.165) is 12.1 Å². The third-order valence-electron chi connectivity index (χ3n) is 2.68. The van der Waals surface area contributed by atoms with Crippen LogP contribution >= 0.6 is 0 Å². The number of benzene rings is 1. The number of rotatable bonds is 3. The smallest absolute Gasteiger partial charge is 0.416 e. The van der Waals surface area contributed by atoms with Gasteiger partial charge in [-0.15, -0.1) is 0 Å². The average molecular weight is 311 g/mol. The second-order valence-corrected chi connectivity index (χ2v) is 4.24. The number of alkyl halides is 3. The molecule has 0 spiro atoms. The van der Waals surface area contributed by atoms with Crippen LogP contribution in [0.1, 0.15) is 5.56 Å². The Bertz CT molecular complexity index is 657. The molecule has 0 fully saturated rings. The molecule has 1 aromatic carbocycles. The standard InChI is InChI=1S/C14H12F3N3O2/c1-22-11-6-7-18-12(8-11)20-13(21)19-10-4-2-9(3-5-10)14(15,16)17/h2-8H,1H3,(H2,18,19,20,21). The van der Waals surface area contributed by atoms with Gasteiger partial charge in [0.15, 0.2) is 0 Å². The molecule has 22 heavy (non-hydrogen) atoms. The van der Waals surface area contributed by atoms with Crippen molar-refractivity contribution >= 4 is 17.5 Å². The number of carbonyl (C=O) groups is 1. The Morgan fingerprint density at radius 1 is 1.14 bits per heavy atom. The molecule has 0 aliphatic heterocycles. The van der Waals surface area contributed by atoms with Gasteiger partial charge >= 0.3 is 12.2 Å². The third-order valence-corrected chi connectivity index (χ3v) is 2.68. The largest absolute Gasteiger partial charge is 0.497 e. The summed E-state index contributed by atoms with van der Waals surface area (Å²) < 4.78 is 42.2. The molecule has 0 aliphatic rings. The summed E-state index contributed by atoms with van der Waals surface area (Å²) in [6, 6.07) is 6.60. The highest BCUT2D eigenvalue weighted by Gasteiger charge is 2.29. The van der Waals surface area contributed by atoms with Gasteiger partial charge in [-0.05, 0) is 30.3 Å². The van der Waals surface area contributed by atoms with E-state index in [-0.39, 0.29) is 11.5 Å². The fourth-order valence-corrected chi connectivity index (χ4v) is 1.63. The molecule has 8 heteroatoms. The van der Waals surface area contributed by atoms with Gasteiger partial charge in [0.25, 0.3) is 0 Å². The van der Waals surface area contributed by atoms with Crippen molar-refractivity contribution in [2.24, 2.45) is 0 Å². The van der Waals surface area contributed by atoms with Gasteiger partial charge in [-0.25, -0.2) is 9.78 Å². The first-order chi connectivity index (χ1) is 10.4. The minimum Gasteiger partial charge on any atom is -0.497 e. The fraction of sp³-hybridized carbons (Fsp3) is 0.143. The summed E-state index contributed by atoms with van der Waals surface area (Å²) in [6.07, 6.45) is -2.96. The van der Waals surface area contributed by atoms with Crippen LogP contribution in [0.25, 0.3) is 0 Å². The average Bonchev–Trinajstić information content (AvgIpc) is 2.47. The van der Waals surface area contributed by atoms with Crippen molar-refractivity contribution in [3.05, 3.63) is 48.2 Å². The molecule has 0 atom stereocenters. The molecular weight excluding hydrogens is 299 g/mol. The maximum atomic E-state index is 12.4. The zero-order chi connectivity index (χ0) is 16.2. The third kappa shape index (κ3) is 4.11. The highest BCUT2D eigenvalue weighted by Crippen LogP contribution is 2.29. The quantitative estimate of drug-likeness (QED) is 0.907. The number of aromatic nitrogens is 1. The lowest BCUT2D eigenvalue weighted by atomic mass is 10.2. The van der Waals surface area contributed by atoms with Crippen LogP contribution in [0.4, 0.5) is 29.5 Å². The highest BCUT2D eigenvalue weighted by molar-refractivity contribution is 5.99. The van der Waals surface area contributed by atoms with E-state index >= 15 is 0 Å². The Balaban J connectivity index is 1.99. The Morgan fingerprint density at radius 3 is 2.41 bits per heavy atom. The molecule has 0 radical (unpaired) electrons. The summed E-state index contributed by atoms with van der Waals surface area (Å²) in [6.45, 7) is 0. The Kier molecular flexibility index (Phi) is 4.50. The fourth-order valence-electron chi connectivity index (χ4n) is 1.63. The first kappa shape index (κ1) is 15.6. The Labute approximate surface area is 124 Å². The Hall–Kier alpha value is -2.77. The SMILES string of the molecule is COc1ccnc(NC(=O)Nc2ccc(C(F)(F)F)cc2)c1. The van der Waals surface area contributed by atoms with Crippen molar-refractivity contribution in [2.45, 2.75) is 6.18 Å². The molecule has 0 aliphatic carbocycles. The van der Waals surface area contributed by atoms with Gasteiger partial charge in [-0.1, -0.05) is 0 Å². The molecular formula is C14H12F3N3O2. The number of anilines is 2. The summed E-state index contributed by atoms with van der Waals surface area (Å²) in [4.78, 5) is 15.7. The highest BCUT2D eigenvalue weighted by atomic mass is 19.4. The van der Waals surface area contributed by atoms with Crippen LogP contribution in [0.15, 0.2) is 42.6 Å². The Morgan fingerprint density at radius 2 is 1.82 bits per heavy atom. The lowest BCUT2D eigenvalue weighted by Crippen LogP contribution is -2.20. The van der Waals surface area contributed by atoms with Crippen LogP contribution in [0, 0.1) is 0 Å². The molecule has 2 aromatic rings. The second-order valence-electron chi connectivity index (χ2n) is 4.24. The van der Waals surface area contributed by atoms with Crippen molar-refractivity contribution in [1.82, 2.24) is 4.98 Å². The van der Waals surface area contributed by atoms with Gasteiger partial charge in [-0.2, -0.15) is 13.2 Å². The molecule has 2 rings (SSSR count). The normalized spacial score (nSPS) is 10.9. The van der Waals surface area contributed by atoms with E-state index in [1.165, 1.54) is 31.5 Å². The predicted molar refractivity (Wildman–Crippen MR) is 74.9 cm³/mol. The zero-order valence-corrected chi connectivity index (χ0v) is 11.4. The molecule has 0 saturated carbocycles. The number of ether oxygens (including phenoxy) is 1. The topological polar surface area (TPSA) is 63.2 Å². The number of nitrogens with zero attached hydrogens (tertiary/aromatic N) is 1. The van der Waals surface area contributed by atoms with Crippen LogP contribution in [0.2, 0.25) is 0 Å². The van der Waals surface area contributed by atoms with E-state index in [1.807, 2.05) is 0 Å². The maximum absolute atomic E-state index is 12.4. The predicted octanol–water partition coefficient (Wildman–Crippen LogP) is 3.75. The number of hydrogen-bond acceptors (Lipinski definition) is 3. The first-order valence-electron chi connectivity index (χ1n) is 6.14. The summed E-state index contributed by atoms with van der Waals surface area (Å²) >= 11 is 0. The minimum atomic E-state index is -4.41. The van der Waals surface area contributed by atoms with E-state index in [2.05, 4.69) is 15.6 Å². The molecule has 0 bridgehead atoms. The van der Waals surface area contributed by atoms with Crippen molar-refractivity contribution in [1.29, 1.82) is 0 Å². The van der Waals surface area contributed by atoms with Gasteiger partial charge in [-0.3, -0.25) is 5.32 Å². The van der Waals surface area contributed by atoms with Gasteiger partial charge < -0.3 is 10.1 Å². The van der Waals surface area contributed by atoms with Crippen molar-refractivity contribution < 1.29 is 22.7 Å². The number of urea groups is 1. The summed E-state index contributed by atoms with van der Waals surface area (Å²) in [5, 5.41) is 4.85. The second kappa shape index (κ2) is 6.33. The number of carbonyl (C=O) groups excluding carboxylic acids is 1. The molecule has 2 amide bonds. The van der Waals surface area contributed by atoms with Gasteiger partial charge in [0.05, 0.1) is 12.7 Å². The van der Waals surface area contributed by atoms with Crippen LogP contribution in [0.3, 0.4) is 0 Å². The summed E-state index contributed by atoms with van der Waals surface area (Å²) in [5.74, 6) is 0.767. The molecule has 0 saturated heterocycles. The first-order valence-corrected chi connectivity index (χ1v) is 6.14. The summed E-state index contributed by atoms with van der Waals surface area (Å²) in [5.41, 5.74) is -0.554. The van der Waals surface area contributed by atoms with Crippen LogP contribution in [-0.2, 0) is 6.18 Å². The number of hydrogen-bond donors (Lipinski definition) is 2. The monoisotopic (exact) mass is 311 g/mol. The van der Waals surface area contributed by atoms with Crippen LogP contribution in [-0.4, -0.2) is 18.1 Å². The van der Waals surface area contributed by atoms with E-state index in [1.54, 1.807) is 6.07 Å². The van der Waals surface area contributed by atoms with Crippen molar-refractivity contribution in [3.8, 4) is 5.75 Å². The van der Waals surface area contributed by atoms with Crippen molar-refractivity contribution in [3.63, 3.8) is 0 Å². The molecule has 1 aromatic heterocycles. The van der Waals surface area contributed by atoms with E-state index in [9.17, 15) is 18.0 Å².